The number of hydrogen-bond acceptors (Lipinski definition) is 3. The van der Waals surface area contributed by atoms with Crippen LogP contribution in [0.5, 0.6) is 0 Å². The van der Waals surface area contributed by atoms with Crippen molar-refractivity contribution in [2.24, 2.45) is 0 Å². The van der Waals surface area contributed by atoms with Gasteiger partial charge in [-0.3, -0.25) is 0 Å². The molecular weight excluding hydrogens is 308 g/mol. The minimum atomic E-state index is 0.587. The average molecular weight is 318 g/mol. The molecule has 0 unspecified atom stereocenters. The van der Waals surface area contributed by atoms with Gasteiger partial charge in [-0.15, -0.1) is 21.8 Å². The molecule has 0 aliphatic carbocycles. The van der Waals surface area contributed by atoms with Gasteiger partial charge in [0.1, 0.15) is 10.0 Å². The maximum atomic E-state index is 5.68. The predicted molar refractivity (Wildman–Crippen MR) is 72.2 cm³/mol. The highest BCUT2D eigenvalue weighted by atomic mass is 79.9. The Hall–Kier alpha value is -0.450. The SMILES string of the molecule is Cc1cccc(-c2nnc(CCCl)s2)c1Br. The summed E-state index contributed by atoms with van der Waals surface area (Å²) in [6.45, 7) is 2.06. The monoisotopic (exact) mass is 316 g/mol. The first-order chi connectivity index (χ1) is 7.72. The number of hydrogen-bond donors (Lipinski definition) is 0. The second-order valence-corrected chi connectivity index (χ2v) is 5.61. The van der Waals surface area contributed by atoms with Gasteiger partial charge in [-0.25, -0.2) is 0 Å². The van der Waals surface area contributed by atoms with E-state index >= 15 is 0 Å². The summed E-state index contributed by atoms with van der Waals surface area (Å²) < 4.78 is 1.09. The van der Waals surface area contributed by atoms with Gasteiger partial charge in [0.15, 0.2) is 0 Å². The first-order valence-electron chi connectivity index (χ1n) is 4.86. The van der Waals surface area contributed by atoms with E-state index in [1.165, 1.54) is 5.56 Å². The van der Waals surface area contributed by atoms with Gasteiger partial charge in [0.05, 0.1) is 0 Å². The molecule has 5 heteroatoms. The predicted octanol–water partition coefficient (Wildman–Crippen LogP) is 4.06. The van der Waals surface area contributed by atoms with E-state index in [0.717, 1.165) is 26.5 Å². The Morgan fingerprint density at radius 2 is 2.19 bits per heavy atom. The second-order valence-electron chi connectivity index (χ2n) is 3.38. The van der Waals surface area contributed by atoms with Gasteiger partial charge >= 0.3 is 0 Å². The van der Waals surface area contributed by atoms with Gasteiger partial charge in [-0.1, -0.05) is 29.5 Å². The summed E-state index contributed by atoms with van der Waals surface area (Å²) in [6, 6.07) is 6.13. The Bertz CT molecular complexity index is 498. The van der Waals surface area contributed by atoms with Crippen LogP contribution in [0.25, 0.3) is 10.6 Å². The summed E-state index contributed by atoms with van der Waals surface area (Å²) >= 11 is 10.9. The van der Waals surface area contributed by atoms with Crippen molar-refractivity contribution in [1.29, 1.82) is 0 Å². The zero-order chi connectivity index (χ0) is 11.5. The highest BCUT2D eigenvalue weighted by Gasteiger charge is 2.10. The Kier molecular flexibility index (Phi) is 3.95. The van der Waals surface area contributed by atoms with E-state index in [2.05, 4.69) is 39.1 Å². The topological polar surface area (TPSA) is 25.8 Å². The third kappa shape index (κ3) is 2.44. The van der Waals surface area contributed by atoms with Crippen LogP contribution in [0, 0.1) is 6.92 Å². The molecular formula is C11H10BrClN2S. The van der Waals surface area contributed by atoms with Crippen LogP contribution in [0.3, 0.4) is 0 Å². The van der Waals surface area contributed by atoms with Crippen molar-refractivity contribution >= 4 is 38.9 Å². The maximum Gasteiger partial charge on any atom is 0.148 e. The zero-order valence-electron chi connectivity index (χ0n) is 8.70. The largest absolute Gasteiger partial charge is 0.148 e. The fourth-order valence-corrected chi connectivity index (χ4v) is 3.10. The quantitative estimate of drug-likeness (QED) is 0.798. The molecule has 16 heavy (non-hydrogen) atoms. The third-order valence-electron chi connectivity index (χ3n) is 2.20. The molecule has 0 bridgehead atoms. The number of aromatic nitrogens is 2. The minimum absolute atomic E-state index is 0.587. The lowest BCUT2D eigenvalue weighted by Gasteiger charge is -2.02. The average Bonchev–Trinajstić information content (AvgIpc) is 2.71. The van der Waals surface area contributed by atoms with Gasteiger partial charge in [-0.2, -0.15) is 0 Å². The van der Waals surface area contributed by atoms with Gasteiger partial charge in [0.25, 0.3) is 0 Å². The molecule has 0 fully saturated rings. The van der Waals surface area contributed by atoms with Crippen LogP contribution in [-0.4, -0.2) is 16.1 Å². The number of halogens is 2. The third-order valence-corrected chi connectivity index (χ3v) is 4.46. The Morgan fingerprint density at radius 1 is 1.38 bits per heavy atom. The molecule has 1 aromatic carbocycles. The molecule has 0 atom stereocenters. The highest BCUT2D eigenvalue weighted by molar-refractivity contribution is 9.10. The highest BCUT2D eigenvalue weighted by Crippen LogP contribution is 2.32. The summed E-state index contributed by atoms with van der Waals surface area (Å²) in [5.41, 5.74) is 2.30. The van der Waals surface area contributed by atoms with Crippen LogP contribution in [-0.2, 0) is 6.42 Å². The molecule has 2 rings (SSSR count). The lowest BCUT2D eigenvalue weighted by molar-refractivity contribution is 0.989. The molecule has 0 spiro atoms. The lowest BCUT2D eigenvalue weighted by Crippen LogP contribution is -1.83. The smallest absolute Gasteiger partial charge is 0.143 e. The molecule has 0 radical (unpaired) electrons. The first-order valence-corrected chi connectivity index (χ1v) is 7.00. The molecule has 2 nitrogen and oxygen atoms in total. The van der Waals surface area contributed by atoms with Crippen molar-refractivity contribution in [3.05, 3.63) is 33.2 Å². The molecule has 0 amide bonds. The van der Waals surface area contributed by atoms with E-state index < -0.39 is 0 Å². The van der Waals surface area contributed by atoms with Gasteiger partial charge in [0, 0.05) is 22.3 Å². The van der Waals surface area contributed by atoms with E-state index in [1.807, 2.05) is 12.1 Å². The summed E-state index contributed by atoms with van der Waals surface area (Å²) in [5.74, 6) is 0.587. The fraction of sp³-hybridized carbons (Fsp3) is 0.273. The maximum absolute atomic E-state index is 5.68. The van der Waals surface area contributed by atoms with Crippen LogP contribution >= 0.6 is 38.9 Å². The van der Waals surface area contributed by atoms with Crippen molar-refractivity contribution in [2.75, 3.05) is 5.88 Å². The van der Waals surface area contributed by atoms with Crippen molar-refractivity contribution < 1.29 is 0 Å². The van der Waals surface area contributed by atoms with Gasteiger partial charge < -0.3 is 0 Å². The Balaban J connectivity index is 2.39. The molecule has 0 saturated carbocycles. The van der Waals surface area contributed by atoms with Crippen molar-refractivity contribution in [3.8, 4) is 10.6 Å². The Labute approximate surface area is 112 Å². The van der Waals surface area contributed by atoms with E-state index in [-0.39, 0.29) is 0 Å². The number of rotatable bonds is 3. The van der Waals surface area contributed by atoms with Crippen molar-refractivity contribution in [1.82, 2.24) is 10.2 Å². The first kappa shape index (κ1) is 12.0. The number of aryl methyl sites for hydroxylation is 2. The molecule has 0 aliphatic rings. The van der Waals surface area contributed by atoms with Crippen LogP contribution in [0.15, 0.2) is 22.7 Å². The summed E-state index contributed by atoms with van der Waals surface area (Å²) in [4.78, 5) is 0. The number of alkyl halides is 1. The summed E-state index contributed by atoms with van der Waals surface area (Å²) in [6.07, 6.45) is 0.780. The van der Waals surface area contributed by atoms with Crippen molar-refractivity contribution in [2.45, 2.75) is 13.3 Å². The molecule has 0 aliphatic heterocycles. The number of benzene rings is 1. The molecule has 84 valence electrons. The molecule has 1 aromatic heterocycles. The summed E-state index contributed by atoms with van der Waals surface area (Å²) in [5, 5.41) is 10.2. The minimum Gasteiger partial charge on any atom is -0.143 e. The lowest BCUT2D eigenvalue weighted by atomic mass is 10.1. The van der Waals surface area contributed by atoms with Gasteiger partial charge in [-0.05, 0) is 28.4 Å². The fourth-order valence-electron chi connectivity index (χ4n) is 1.36. The zero-order valence-corrected chi connectivity index (χ0v) is 11.9. The van der Waals surface area contributed by atoms with E-state index in [4.69, 9.17) is 11.6 Å². The second kappa shape index (κ2) is 5.25. The number of nitrogens with zero attached hydrogens (tertiary/aromatic N) is 2. The van der Waals surface area contributed by atoms with Crippen molar-refractivity contribution in [3.63, 3.8) is 0 Å². The van der Waals surface area contributed by atoms with Crippen LogP contribution in [0.4, 0.5) is 0 Å². The molecule has 2 aromatic rings. The standard InChI is InChI=1S/C11H10BrClN2S/c1-7-3-2-4-8(10(7)12)11-15-14-9(16-11)5-6-13/h2-4H,5-6H2,1H3. The van der Waals surface area contributed by atoms with Crippen LogP contribution < -0.4 is 0 Å². The van der Waals surface area contributed by atoms with Crippen LogP contribution in [0.1, 0.15) is 10.6 Å². The molecule has 1 heterocycles. The van der Waals surface area contributed by atoms with Crippen LogP contribution in [0.2, 0.25) is 0 Å². The Morgan fingerprint density at radius 3 is 2.94 bits per heavy atom. The van der Waals surface area contributed by atoms with Gasteiger partial charge in [0.2, 0.25) is 0 Å². The van der Waals surface area contributed by atoms with E-state index in [1.54, 1.807) is 11.3 Å². The normalized spacial score (nSPS) is 10.7. The van der Waals surface area contributed by atoms with E-state index in [9.17, 15) is 0 Å². The van der Waals surface area contributed by atoms with E-state index in [0.29, 0.717) is 5.88 Å². The molecule has 0 N–H and O–H groups in total. The molecule has 0 saturated heterocycles. The summed E-state index contributed by atoms with van der Waals surface area (Å²) in [7, 11) is 0.